The Balaban J connectivity index is 1.20. The Kier molecular flexibility index (Phi) is 8.39. The zero-order valence-electron chi connectivity index (χ0n) is 23.3. The van der Waals surface area contributed by atoms with Gasteiger partial charge in [0.25, 0.3) is 11.8 Å². The summed E-state index contributed by atoms with van der Waals surface area (Å²) in [5.74, 6) is 1.23. The predicted molar refractivity (Wildman–Crippen MR) is 150 cm³/mol. The highest BCUT2D eigenvalue weighted by Gasteiger charge is 2.36. The third-order valence-corrected chi connectivity index (χ3v) is 7.81. The van der Waals surface area contributed by atoms with Gasteiger partial charge in [0.1, 0.15) is 6.29 Å². The first kappa shape index (κ1) is 28.3. The third kappa shape index (κ3) is 5.69. The van der Waals surface area contributed by atoms with Crippen LogP contribution in [-0.4, -0.2) is 98.3 Å². The number of likely N-dealkylation sites (tertiary alicyclic amines) is 1. The van der Waals surface area contributed by atoms with Gasteiger partial charge in [0.05, 0.1) is 56.4 Å². The van der Waals surface area contributed by atoms with Crippen molar-refractivity contribution >= 4 is 29.5 Å². The lowest BCUT2D eigenvalue weighted by Crippen LogP contribution is -2.37. The molecular weight excluding hydrogens is 532 g/mol. The summed E-state index contributed by atoms with van der Waals surface area (Å²) in [5, 5.41) is 13.3. The second kappa shape index (κ2) is 12.1. The maximum Gasteiger partial charge on any atom is 0.256 e. The van der Waals surface area contributed by atoms with Crippen molar-refractivity contribution in [3.63, 3.8) is 0 Å². The van der Waals surface area contributed by atoms with Gasteiger partial charge >= 0.3 is 0 Å². The Morgan fingerprint density at radius 2 is 1.80 bits per heavy atom. The number of hydrogen-bond acceptors (Lipinski definition) is 10. The molecule has 4 N–H and O–H groups in total. The smallest absolute Gasteiger partial charge is 0.256 e. The number of carbonyl (C=O) groups is 3. The van der Waals surface area contributed by atoms with Gasteiger partial charge in [-0.15, -0.1) is 0 Å². The number of hydrogen-bond donors (Lipinski definition) is 3. The van der Waals surface area contributed by atoms with Crippen LogP contribution in [-0.2, 0) is 4.79 Å². The molecule has 12 heteroatoms. The second-order valence-electron chi connectivity index (χ2n) is 10.4. The van der Waals surface area contributed by atoms with Gasteiger partial charge in [-0.3, -0.25) is 9.59 Å². The second-order valence-corrected chi connectivity index (χ2v) is 10.4. The minimum atomic E-state index is -0.760. The van der Waals surface area contributed by atoms with Crippen molar-refractivity contribution in [1.29, 1.82) is 0 Å². The van der Waals surface area contributed by atoms with Crippen LogP contribution >= 0.6 is 0 Å². The van der Waals surface area contributed by atoms with Crippen molar-refractivity contribution in [2.24, 2.45) is 0 Å². The van der Waals surface area contributed by atoms with E-state index in [1.165, 1.54) is 24.1 Å². The Labute approximate surface area is 238 Å². The van der Waals surface area contributed by atoms with E-state index in [1.54, 1.807) is 13.2 Å². The van der Waals surface area contributed by atoms with Crippen LogP contribution in [0.3, 0.4) is 0 Å². The first-order valence-corrected chi connectivity index (χ1v) is 13.8. The lowest BCUT2D eigenvalue weighted by Gasteiger charge is -2.22. The Hall–Kier alpha value is -4.19. The number of nitrogens with one attached hydrogen (secondary N) is 1. The maximum absolute atomic E-state index is 13.1. The molecule has 3 aliphatic heterocycles. The first-order valence-electron chi connectivity index (χ1n) is 13.8. The molecular formula is C29H36N4O8. The quantitative estimate of drug-likeness (QED) is 0.220. The Bertz CT molecular complexity index is 1320. The van der Waals surface area contributed by atoms with E-state index < -0.39 is 18.1 Å². The van der Waals surface area contributed by atoms with Crippen LogP contribution in [0.15, 0.2) is 24.3 Å². The monoisotopic (exact) mass is 568 g/mol. The number of aliphatic hydroxyl groups is 1. The van der Waals surface area contributed by atoms with Gasteiger partial charge in [0.2, 0.25) is 0 Å². The fourth-order valence-corrected chi connectivity index (χ4v) is 5.67. The van der Waals surface area contributed by atoms with Crippen molar-refractivity contribution in [2.45, 2.75) is 43.9 Å². The van der Waals surface area contributed by atoms with Gasteiger partial charge < -0.3 is 49.7 Å². The first-order chi connectivity index (χ1) is 19.8. The normalized spacial score (nSPS) is 21.4. The maximum atomic E-state index is 13.1. The van der Waals surface area contributed by atoms with E-state index in [0.717, 1.165) is 25.1 Å². The van der Waals surface area contributed by atoms with Crippen LogP contribution in [0.5, 0.6) is 23.0 Å². The molecule has 0 spiro atoms. The summed E-state index contributed by atoms with van der Waals surface area (Å²) >= 11 is 0. The SMILES string of the molecule is COc1cc(C(=O)N2C[C@H](O)C[C@H]2C=O)c(N)cc1OCCCOc1cc2c(cc1OC)C(=O)N1CCC[C@H]1CN2. The molecule has 12 nitrogen and oxygen atoms in total. The van der Waals surface area contributed by atoms with Crippen LogP contribution < -0.4 is 30.0 Å². The highest BCUT2D eigenvalue weighted by atomic mass is 16.5. The molecule has 0 aliphatic carbocycles. The molecule has 0 aromatic heterocycles. The zero-order valence-corrected chi connectivity index (χ0v) is 23.3. The number of anilines is 2. The topological polar surface area (TPSA) is 153 Å². The van der Waals surface area contributed by atoms with Gasteiger partial charge in [0.15, 0.2) is 23.0 Å². The van der Waals surface area contributed by atoms with Crippen molar-refractivity contribution in [3.05, 3.63) is 35.4 Å². The minimum Gasteiger partial charge on any atom is -0.493 e. The largest absolute Gasteiger partial charge is 0.493 e. The number of ether oxygens (including phenoxy) is 4. The molecule has 220 valence electrons. The number of carbonyl (C=O) groups excluding carboxylic acids is 3. The van der Waals surface area contributed by atoms with Crippen LogP contribution in [0.2, 0.25) is 0 Å². The predicted octanol–water partition coefficient (Wildman–Crippen LogP) is 1.94. The molecule has 3 atom stereocenters. The van der Waals surface area contributed by atoms with Crippen LogP contribution in [0, 0.1) is 0 Å². The zero-order chi connectivity index (χ0) is 29.1. The highest BCUT2D eigenvalue weighted by molar-refractivity contribution is 6.02. The number of nitrogen functional groups attached to an aromatic ring is 1. The fourth-order valence-electron chi connectivity index (χ4n) is 5.67. The highest BCUT2D eigenvalue weighted by Crippen LogP contribution is 2.37. The summed E-state index contributed by atoms with van der Waals surface area (Å²) in [6.07, 6.45) is 2.61. The minimum absolute atomic E-state index is 0.00765. The molecule has 3 aliphatic rings. The molecule has 0 bridgehead atoms. The van der Waals surface area contributed by atoms with Crippen LogP contribution in [0.1, 0.15) is 46.4 Å². The number of aldehydes is 1. The standard InChI is InChI=1S/C29H36N4O8/c1-38-24-10-20(28(36)33-15-19(35)9-18(33)16-34)22(30)12-26(24)40-7-4-8-41-27-13-23-21(11-25(27)39-2)29(37)32-6-3-5-17(32)14-31-23/h10-13,16-19,31,35H,3-9,14-15,30H2,1-2H3/t17-,18-,19+/m0/s1. The molecule has 2 saturated heterocycles. The molecule has 2 amide bonds. The number of nitrogens with zero attached hydrogens (tertiary/aromatic N) is 2. The van der Waals surface area contributed by atoms with Gasteiger partial charge in [-0.05, 0) is 25.0 Å². The van der Waals surface area contributed by atoms with Gasteiger partial charge in [0, 0.05) is 56.3 Å². The summed E-state index contributed by atoms with van der Waals surface area (Å²) in [6, 6.07) is 6.03. The number of fused-ring (bicyclic) bond motifs is 2. The molecule has 0 unspecified atom stereocenters. The molecule has 3 heterocycles. The number of nitrogens with two attached hydrogens (primary N) is 1. The van der Waals surface area contributed by atoms with Crippen LogP contribution in [0.25, 0.3) is 0 Å². The Morgan fingerprint density at radius 3 is 2.51 bits per heavy atom. The van der Waals surface area contributed by atoms with E-state index in [1.807, 2.05) is 11.0 Å². The van der Waals surface area contributed by atoms with Crippen molar-refractivity contribution in [1.82, 2.24) is 9.80 Å². The fraction of sp³-hybridized carbons (Fsp3) is 0.483. The van der Waals surface area contributed by atoms with Gasteiger partial charge in [-0.25, -0.2) is 0 Å². The lowest BCUT2D eigenvalue weighted by molar-refractivity contribution is -0.111. The number of amides is 2. The molecule has 0 saturated carbocycles. The summed E-state index contributed by atoms with van der Waals surface area (Å²) < 4.78 is 22.8. The van der Waals surface area contributed by atoms with E-state index >= 15 is 0 Å². The number of benzene rings is 2. The number of rotatable bonds is 10. The summed E-state index contributed by atoms with van der Waals surface area (Å²) in [4.78, 5) is 40.7. The summed E-state index contributed by atoms with van der Waals surface area (Å²) in [5.41, 5.74) is 7.82. The molecule has 5 rings (SSSR count). The van der Waals surface area contributed by atoms with Crippen molar-refractivity contribution in [2.75, 3.05) is 58.1 Å². The van der Waals surface area contributed by atoms with Gasteiger partial charge in [-0.1, -0.05) is 0 Å². The lowest BCUT2D eigenvalue weighted by atomic mass is 10.1. The summed E-state index contributed by atoms with van der Waals surface area (Å²) in [6.45, 7) is 2.11. The van der Waals surface area contributed by atoms with E-state index in [0.29, 0.717) is 54.4 Å². The molecule has 41 heavy (non-hydrogen) atoms. The third-order valence-electron chi connectivity index (χ3n) is 7.81. The Morgan fingerprint density at radius 1 is 1.10 bits per heavy atom. The average Bonchev–Trinajstić information content (AvgIpc) is 3.58. The van der Waals surface area contributed by atoms with E-state index in [-0.39, 0.29) is 42.8 Å². The van der Waals surface area contributed by atoms with Gasteiger partial charge in [-0.2, -0.15) is 0 Å². The van der Waals surface area contributed by atoms with E-state index in [9.17, 15) is 19.5 Å². The molecule has 2 aromatic carbocycles. The van der Waals surface area contributed by atoms with E-state index in [2.05, 4.69) is 5.32 Å². The average molecular weight is 569 g/mol. The van der Waals surface area contributed by atoms with Crippen molar-refractivity contribution in [3.8, 4) is 23.0 Å². The van der Waals surface area contributed by atoms with E-state index in [4.69, 9.17) is 24.7 Å². The molecule has 0 radical (unpaired) electrons. The van der Waals surface area contributed by atoms with Crippen molar-refractivity contribution < 1.29 is 38.4 Å². The molecule has 2 aromatic rings. The summed E-state index contributed by atoms with van der Waals surface area (Å²) in [7, 11) is 3.00. The number of aliphatic hydroxyl groups excluding tert-OH is 1. The number of methoxy groups -OCH3 is 2. The van der Waals surface area contributed by atoms with Crippen LogP contribution in [0.4, 0.5) is 11.4 Å². The number of β-amino-alcohol motifs (C(OH)–C–C–N with tert-alkyl or cyclic N) is 1. The molecule has 2 fully saturated rings.